The number of nitriles is 1. The molecule has 1 atom stereocenters. The second kappa shape index (κ2) is 11.2. The number of allylic oxidation sites excluding steroid dienone is 1. The van der Waals surface area contributed by atoms with Gasteiger partial charge in [-0.2, -0.15) is 14.8 Å². The number of hydrogen-bond acceptors (Lipinski definition) is 7. The molecule has 0 aliphatic carbocycles. The molecule has 42 heavy (non-hydrogen) atoms. The minimum Gasteiger partial charge on any atom is -0.454 e. The largest absolute Gasteiger partial charge is 0.454 e. The van der Waals surface area contributed by atoms with Crippen LogP contribution < -0.4 is 10.5 Å². The Morgan fingerprint density at radius 1 is 1.19 bits per heavy atom. The van der Waals surface area contributed by atoms with Crippen LogP contribution in [-0.2, 0) is 11.3 Å². The number of nitrogen functional groups attached to an aromatic ring is 1. The number of benzene rings is 2. The first-order valence-electron chi connectivity index (χ1n) is 13.3. The van der Waals surface area contributed by atoms with Crippen LogP contribution in [0.25, 0.3) is 22.3 Å². The second-order valence-corrected chi connectivity index (χ2v) is 11.1. The molecule has 1 aliphatic rings. The van der Waals surface area contributed by atoms with Gasteiger partial charge < -0.3 is 15.4 Å². The average Bonchev–Trinajstić information content (AvgIpc) is 3.55. The first-order valence-corrected chi connectivity index (χ1v) is 13.3. The minimum absolute atomic E-state index is 0.0505. The summed E-state index contributed by atoms with van der Waals surface area (Å²) in [5.74, 6) is -3.73. The SMILES string of the molecule is CC(C)(C)C=C(C#N)C(=O)N1CCC[C@@H]1Cn1nc(-c2ccc(Oc3cccc(F)c3F)cc2F)c2c(N)ncnc21. The minimum atomic E-state index is -1.19. The Kier molecular flexibility index (Phi) is 7.60. The zero-order chi connectivity index (χ0) is 30.2. The van der Waals surface area contributed by atoms with Gasteiger partial charge in [-0.15, -0.1) is 0 Å². The molecule has 12 heteroatoms. The van der Waals surface area contributed by atoms with E-state index in [4.69, 9.17) is 10.5 Å². The van der Waals surface area contributed by atoms with Crippen LogP contribution in [-0.4, -0.2) is 43.1 Å². The quantitative estimate of drug-likeness (QED) is 0.229. The van der Waals surface area contributed by atoms with E-state index in [1.165, 1.54) is 30.6 Å². The van der Waals surface area contributed by atoms with E-state index in [0.717, 1.165) is 18.6 Å². The first kappa shape index (κ1) is 28.6. The molecule has 216 valence electrons. The summed E-state index contributed by atoms with van der Waals surface area (Å²) >= 11 is 0. The molecule has 0 spiro atoms. The molecular weight excluding hydrogens is 547 g/mol. The fraction of sp³-hybridized carbons (Fsp3) is 0.300. The number of amides is 1. The summed E-state index contributed by atoms with van der Waals surface area (Å²) in [4.78, 5) is 23.4. The van der Waals surface area contributed by atoms with E-state index in [0.29, 0.717) is 24.0 Å². The number of rotatable bonds is 6. The van der Waals surface area contributed by atoms with Crippen molar-refractivity contribution >= 4 is 22.8 Å². The van der Waals surface area contributed by atoms with Crippen LogP contribution in [0.15, 0.2) is 54.4 Å². The van der Waals surface area contributed by atoms with Crippen molar-refractivity contribution in [3.63, 3.8) is 0 Å². The maximum atomic E-state index is 15.5. The van der Waals surface area contributed by atoms with Crippen molar-refractivity contribution < 1.29 is 22.7 Å². The summed E-state index contributed by atoms with van der Waals surface area (Å²) in [6.07, 6.45) is 4.36. The molecule has 1 aliphatic heterocycles. The number of anilines is 1. The summed E-state index contributed by atoms with van der Waals surface area (Å²) in [6.45, 7) is 6.46. The number of nitrogens with two attached hydrogens (primary N) is 1. The van der Waals surface area contributed by atoms with Crippen molar-refractivity contribution in [3.05, 3.63) is 71.8 Å². The monoisotopic (exact) mass is 575 g/mol. The lowest BCUT2D eigenvalue weighted by atomic mass is 9.93. The van der Waals surface area contributed by atoms with Crippen molar-refractivity contribution in [2.24, 2.45) is 5.41 Å². The number of carbonyl (C=O) groups is 1. The molecule has 1 fully saturated rings. The molecule has 0 radical (unpaired) electrons. The third-order valence-corrected chi connectivity index (χ3v) is 6.85. The van der Waals surface area contributed by atoms with Crippen molar-refractivity contribution in [2.75, 3.05) is 12.3 Å². The van der Waals surface area contributed by atoms with Gasteiger partial charge in [-0.1, -0.05) is 32.9 Å². The average molecular weight is 576 g/mol. The highest BCUT2D eigenvalue weighted by Crippen LogP contribution is 2.35. The van der Waals surface area contributed by atoms with Crippen LogP contribution in [0.1, 0.15) is 33.6 Å². The molecular formula is C30H28F3N7O2. The van der Waals surface area contributed by atoms with Crippen LogP contribution in [0.3, 0.4) is 0 Å². The molecule has 2 aromatic carbocycles. The van der Waals surface area contributed by atoms with E-state index in [-0.39, 0.29) is 58.1 Å². The number of ether oxygens (including phenoxy) is 1. The van der Waals surface area contributed by atoms with Gasteiger partial charge in [0.25, 0.3) is 5.91 Å². The topological polar surface area (TPSA) is 123 Å². The number of carbonyl (C=O) groups excluding carboxylic acids is 1. The lowest BCUT2D eigenvalue weighted by Crippen LogP contribution is -2.39. The van der Waals surface area contributed by atoms with Crippen molar-refractivity contribution in [1.82, 2.24) is 24.6 Å². The molecule has 9 nitrogen and oxygen atoms in total. The Labute approximate surface area is 240 Å². The van der Waals surface area contributed by atoms with E-state index in [2.05, 4.69) is 15.1 Å². The van der Waals surface area contributed by atoms with Crippen LogP contribution in [0.5, 0.6) is 11.5 Å². The van der Waals surface area contributed by atoms with E-state index in [1.54, 1.807) is 15.7 Å². The maximum Gasteiger partial charge on any atom is 0.264 e. The smallest absolute Gasteiger partial charge is 0.264 e. The predicted molar refractivity (Wildman–Crippen MR) is 149 cm³/mol. The Hall–Kier alpha value is -4.92. The fourth-order valence-corrected chi connectivity index (χ4v) is 5.01. The van der Waals surface area contributed by atoms with Gasteiger partial charge in [0.15, 0.2) is 17.2 Å². The summed E-state index contributed by atoms with van der Waals surface area (Å²) < 4.78 is 50.0. The standard InChI is InChI=1S/C30H28F3N7O2/c1-30(2,3)13-17(14-34)29(41)39-11-5-6-18(39)15-40-28-24(27(35)36-16-37-28)26(38-40)20-10-9-19(12-22(20)32)42-23-8-4-7-21(31)25(23)33/h4,7-10,12-13,16,18H,5-6,11,15H2,1-3H3,(H2,35,36,37)/t18-/m1/s1. The summed E-state index contributed by atoms with van der Waals surface area (Å²) in [5, 5.41) is 14.6. The van der Waals surface area contributed by atoms with Crippen LogP contribution in [0.2, 0.25) is 0 Å². The molecule has 3 heterocycles. The zero-order valence-corrected chi connectivity index (χ0v) is 23.2. The lowest BCUT2D eigenvalue weighted by Gasteiger charge is -2.25. The van der Waals surface area contributed by atoms with E-state index >= 15 is 4.39 Å². The number of halogens is 3. The third-order valence-electron chi connectivity index (χ3n) is 6.85. The Morgan fingerprint density at radius 2 is 1.98 bits per heavy atom. The van der Waals surface area contributed by atoms with Crippen LogP contribution >= 0.6 is 0 Å². The molecule has 2 aromatic heterocycles. The summed E-state index contributed by atoms with van der Waals surface area (Å²) in [6, 6.07) is 9.03. The molecule has 0 bridgehead atoms. The van der Waals surface area contributed by atoms with Gasteiger partial charge >= 0.3 is 0 Å². The molecule has 1 amide bonds. The number of likely N-dealkylation sites (tertiary alicyclic amines) is 1. The Bertz CT molecular complexity index is 1750. The normalized spacial score (nSPS) is 15.7. The van der Waals surface area contributed by atoms with Gasteiger partial charge in [0.1, 0.15) is 41.0 Å². The van der Waals surface area contributed by atoms with Gasteiger partial charge in [0.2, 0.25) is 5.82 Å². The highest BCUT2D eigenvalue weighted by Gasteiger charge is 2.33. The van der Waals surface area contributed by atoms with Gasteiger partial charge in [-0.25, -0.2) is 23.4 Å². The molecule has 0 unspecified atom stereocenters. The molecule has 5 rings (SSSR count). The first-order chi connectivity index (χ1) is 20.0. The lowest BCUT2D eigenvalue weighted by molar-refractivity contribution is -0.127. The van der Waals surface area contributed by atoms with Gasteiger partial charge in [0, 0.05) is 18.2 Å². The van der Waals surface area contributed by atoms with Crippen molar-refractivity contribution in [1.29, 1.82) is 5.26 Å². The summed E-state index contributed by atoms with van der Waals surface area (Å²) in [5.41, 5.74) is 6.49. The number of nitrogens with zero attached hydrogens (tertiary/aromatic N) is 6. The third kappa shape index (κ3) is 5.63. The maximum absolute atomic E-state index is 15.5. The van der Waals surface area contributed by atoms with Gasteiger partial charge in [-0.05, 0) is 42.5 Å². The molecule has 2 N–H and O–H groups in total. The second-order valence-electron chi connectivity index (χ2n) is 11.1. The molecule has 0 saturated carbocycles. The van der Waals surface area contributed by atoms with Crippen molar-refractivity contribution in [3.8, 4) is 28.8 Å². The van der Waals surface area contributed by atoms with Crippen LogP contribution in [0, 0.1) is 34.2 Å². The van der Waals surface area contributed by atoms with E-state index in [1.807, 2.05) is 26.8 Å². The van der Waals surface area contributed by atoms with Crippen molar-refractivity contribution in [2.45, 2.75) is 46.2 Å². The van der Waals surface area contributed by atoms with E-state index < -0.39 is 17.5 Å². The van der Waals surface area contributed by atoms with E-state index in [9.17, 15) is 18.8 Å². The number of aromatic nitrogens is 4. The van der Waals surface area contributed by atoms with Crippen LogP contribution in [0.4, 0.5) is 19.0 Å². The summed E-state index contributed by atoms with van der Waals surface area (Å²) in [7, 11) is 0. The molecule has 1 saturated heterocycles. The number of hydrogen-bond donors (Lipinski definition) is 1. The fourth-order valence-electron chi connectivity index (χ4n) is 5.01. The van der Waals surface area contributed by atoms with Gasteiger partial charge in [0.05, 0.1) is 18.0 Å². The molecule has 4 aromatic rings. The number of fused-ring (bicyclic) bond motifs is 1. The van der Waals surface area contributed by atoms with Gasteiger partial charge in [-0.3, -0.25) is 4.79 Å². The predicted octanol–water partition coefficient (Wildman–Crippen LogP) is 5.77. The Balaban J connectivity index is 1.48. The zero-order valence-electron chi connectivity index (χ0n) is 23.2. The highest BCUT2D eigenvalue weighted by atomic mass is 19.2. The Morgan fingerprint density at radius 3 is 2.69 bits per heavy atom. The highest BCUT2D eigenvalue weighted by molar-refractivity contribution is 5.99.